The minimum Gasteiger partial charge on any atom is -0.348 e. The average molecular weight is 326 g/mol. The van der Waals surface area contributed by atoms with E-state index in [1.165, 1.54) is 0 Å². The number of pyridine rings is 1. The molecule has 1 saturated heterocycles. The smallest absolute Gasteiger partial charge is 0.348 e. The second kappa shape index (κ2) is 6.95. The molecule has 2 rings (SSSR count). The molecule has 0 aromatic carbocycles. The summed E-state index contributed by atoms with van der Waals surface area (Å²) in [6.07, 6.45) is -2.97. The molecular weight excluding hydrogens is 311 g/mol. The van der Waals surface area contributed by atoms with Crippen LogP contribution in [0.5, 0.6) is 0 Å². The summed E-state index contributed by atoms with van der Waals surface area (Å²) < 4.78 is 37.2. The Hall–Kier alpha value is -1.54. The predicted molar refractivity (Wildman–Crippen MR) is 72.7 cm³/mol. The molecule has 1 aromatic heterocycles. The lowest BCUT2D eigenvalue weighted by Gasteiger charge is -2.23. The normalized spacial score (nSPS) is 18.7. The van der Waals surface area contributed by atoms with Crippen LogP contribution in [0.15, 0.2) is 16.9 Å². The third-order valence-electron chi connectivity index (χ3n) is 3.09. The van der Waals surface area contributed by atoms with Crippen LogP contribution in [0, 0.1) is 0 Å². The molecule has 1 aliphatic rings. The molecule has 0 saturated carbocycles. The first kappa shape index (κ1) is 17.5. The van der Waals surface area contributed by atoms with Crippen molar-refractivity contribution >= 4 is 18.3 Å². The van der Waals surface area contributed by atoms with Gasteiger partial charge >= 0.3 is 6.18 Å². The largest absolute Gasteiger partial charge is 0.431 e. The maximum atomic E-state index is 12.4. The van der Waals surface area contributed by atoms with E-state index in [-0.39, 0.29) is 24.0 Å². The summed E-state index contributed by atoms with van der Waals surface area (Å²) in [6, 6.07) is 1.47. The van der Waals surface area contributed by atoms with E-state index < -0.39 is 23.3 Å². The first-order chi connectivity index (χ1) is 9.38. The van der Waals surface area contributed by atoms with Gasteiger partial charge in [-0.2, -0.15) is 13.2 Å². The van der Waals surface area contributed by atoms with Crippen LogP contribution in [0.1, 0.15) is 28.9 Å². The molecule has 5 nitrogen and oxygen atoms in total. The van der Waals surface area contributed by atoms with Crippen molar-refractivity contribution in [3.63, 3.8) is 0 Å². The zero-order valence-corrected chi connectivity index (χ0v) is 11.7. The van der Waals surface area contributed by atoms with Crippen LogP contribution >= 0.6 is 12.4 Å². The lowest BCUT2D eigenvalue weighted by Crippen LogP contribution is -2.46. The Labute approximate surface area is 124 Å². The average Bonchev–Trinajstić information content (AvgIpc) is 2.38. The van der Waals surface area contributed by atoms with Gasteiger partial charge in [-0.05, 0) is 31.5 Å². The summed E-state index contributed by atoms with van der Waals surface area (Å²) >= 11 is 0. The van der Waals surface area contributed by atoms with Crippen LogP contribution < -0.4 is 16.2 Å². The van der Waals surface area contributed by atoms with Crippen molar-refractivity contribution < 1.29 is 18.0 Å². The van der Waals surface area contributed by atoms with Gasteiger partial charge in [0.1, 0.15) is 11.3 Å². The van der Waals surface area contributed by atoms with Crippen LogP contribution in [-0.4, -0.2) is 30.0 Å². The highest BCUT2D eigenvalue weighted by Gasteiger charge is 2.32. The molecule has 3 N–H and O–H groups in total. The molecule has 1 unspecified atom stereocenters. The number of hydrogen-bond donors (Lipinski definition) is 3. The quantitative estimate of drug-likeness (QED) is 0.767. The third-order valence-corrected chi connectivity index (χ3v) is 3.09. The van der Waals surface area contributed by atoms with Gasteiger partial charge in [-0.3, -0.25) is 9.59 Å². The van der Waals surface area contributed by atoms with E-state index >= 15 is 0 Å². The monoisotopic (exact) mass is 325 g/mol. The fourth-order valence-electron chi connectivity index (χ4n) is 2.06. The highest BCUT2D eigenvalue weighted by Crippen LogP contribution is 2.26. The number of hydrogen-bond acceptors (Lipinski definition) is 3. The van der Waals surface area contributed by atoms with Gasteiger partial charge in [0, 0.05) is 12.6 Å². The van der Waals surface area contributed by atoms with Gasteiger partial charge in [0.2, 0.25) is 0 Å². The summed E-state index contributed by atoms with van der Waals surface area (Å²) in [6.45, 7) is 1.46. The maximum absolute atomic E-state index is 12.4. The van der Waals surface area contributed by atoms with Gasteiger partial charge in [-0.1, -0.05) is 0 Å². The number of piperidine rings is 1. The molecule has 1 atom stereocenters. The summed E-state index contributed by atoms with van der Waals surface area (Å²) in [5.41, 5.74) is -2.52. The van der Waals surface area contributed by atoms with E-state index in [4.69, 9.17) is 0 Å². The van der Waals surface area contributed by atoms with Gasteiger partial charge in [0.25, 0.3) is 11.5 Å². The van der Waals surface area contributed by atoms with Gasteiger partial charge in [0.05, 0.1) is 0 Å². The first-order valence-corrected chi connectivity index (χ1v) is 6.20. The minimum absolute atomic E-state index is 0. The molecule has 9 heteroatoms. The van der Waals surface area contributed by atoms with Crippen molar-refractivity contribution in [1.82, 2.24) is 15.6 Å². The summed E-state index contributed by atoms with van der Waals surface area (Å²) in [4.78, 5) is 25.1. The first-order valence-electron chi connectivity index (χ1n) is 6.20. The Kier molecular flexibility index (Phi) is 5.79. The number of aromatic amines is 1. The highest BCUT2D eigenvalue weighted by atomic mass is 35.5. The number of aromatic nitrogens is 1. The summed E-state index contributed by atoms with van der Waals surface area (Å²) in [7, 11) is 0. The molecule has 0 bridgehead atoms. The minimum atomic E-state index is -4.64. The van der Waals surface area contributed by atoms with Gasteiger partial charge in [0.15, 0.2) is 0 Å². The van der Waals surface area contributed by atoms with Crippen molar-refractivity contribution in [2.45, 2.75) is 25.1 Å². The third kappa shape index (κ3) is 4.47. The van der Waals surface area contributed by atoms with Crippen LogP contribution in [0.2, 0.25) is 0 Å². The van der Waals surface area contributed by atoms with Crippen molar-refractivity contribution in [2.75, 3.05) is 13.1 Å². The van der Waals surface area contributed by atoms with Gasteiger partial charge in [-0.15, -0.1) is 12.4 Å². The van der Waals surface area contributed by atoms with E-state index in [1.807, 2.05) is 0 Å². The molecule has 0 spiro atoms. The zero-order chi connectivity index (χ0) is 14.8. The summed E-state index contributed by atoms with van der Waals surface area (Å²) in [5.74, 6) is -0.659. The fraction of sp³-hybridized carbons (Fsp3) is 0.500. The molecule has 1 amide bonds. The Balaban J connectivity index is 0.00000220. The zero-order valence-electron chi connectivity index (χ0n) is 10.9. The number of amides is 1. The maximum Gasteiger partial charge on any atom is 0.431 e. The standard InChI is InChI=1S/C12H14F3N3O2.ClH/c13-12(14,15)9-4-3-8(11(20)18-9)10(19)17-7-2-1-5-16-6-7;/h3-4,7,16H,1-2,5-6H2,(H,17,19)(H,18,20);1H. The molecule has 1 aliphatic heterocycles. The molecule has 0 aliphatic carbocycles. The lowest BCUT2D eigenvalue weighted by atomic mass is 10.1. The van der Waals surface area contributed by atoms with Crippen LogP contribution in [0.3, 0.4) is 0 Å². The molecule has 1 aromatic rings. The second-order valence-electron chi connectivity index (χ2n) is 4.63. The van der Waals surface area contributed by atoms with Crippen molar-refractivity contribution in [3.8, 4) is 0 Å². The molecule has 118 valence electrons. The van der Waals surface area contributed by atoms with E-state index in [2.05, 4.69) is 10.6 Å². The Morgan fingerprint density at radius 1 is 1.33 bits per heavy atom. The number of rotatable bonds is 2. The van der Waals surface area contributed by atoms with Gasteiger partial charge < -0.3 is 15.6 Å². The number of nitrogens with one attached hydrogen (secondary N) is 3. The molecule has 21 heavy (non-hydrogen) atoms. The summed E-state index contributed by atoms with van der Waals surface area (Å²) in [5, 5.41) is 5.72. The van der Waals surface area contributed by atoms with E-state index in [0.717, 1.165) is 25.5 Å². The second-order valence-corrected chi connectivity index (χ2v) is 4.63. The van der Waals surface area contributed by atoms with Crippen molar-refractivity contribution in [3.05, 3.63) is 33.7 Å². The molecule has 0 radical (unpaired) electrons. The van der Waals surface area contributed by atoms with E-state index in [9.17, 15) is 22.8 Å². The van der Waals surface area contributed by atoms with Crippen molar-refractivity contribution in [2.24, 2.45) is 0 Å². The number of H-pyrrole nitrogens is 1. The lowest BCUT2D eigenvalue weighted by molar-refractivity contribution is -0.141. The SMILES string of the molecule is Cl.O=C(NC1CCCNC1)c1ccc(C(F)(F)F)[nH]c1=O. The van der Waals surface area contributed by atoms with Crippen LogP contribution in [-0.2, 0) is 6.18 Å². The van der Waals surface area contributed by atoms with Crippen molar-refractivity contribution in [1.29, 1.82) is 0 Å². The molecule has 1 fully saturated rings. The van der Waals surface area contributed by atoms with E-state index in [1.54, 1.807) is 4.98 Å². The Morgan fingerprint density at radius 3 is 2.57 bits per heavy atom. The number of alkyl halides is 3. The Morgan fingerprint density at radius 2 is 2.05 bits per heavy atom. The van der Waals surface area contributed by atoms with E-state index in [0.29, 0.717) is 12.6 Å². The number of halogens is 4. The number of carbonyl (C=O) groups excluding carboxylic acids is 1. The predicted octanol–water partition coefficient (Wildman–Crippen LogP) is 1.30. The highest BCUT2D eigenvalue weighted by molar-refractivity contribution is 5.94. The Bertz CT molecular complexity index is 553. The fourth-order valence-corrected chi connectivity index (χ4v) is 2.06. The number of carbonyl (C=O) groups is 1. The van der Waals surface area contributed by atoms with Crippen LogP contribution in [0.25, 0.3) is 0 Å². The molecular formula is C12H15ClF3N3O2. The van der Waals surface area contributed by atoms with Crippen LogP contribution in [0.4, 0.5) is 13.2 Å². The topological polar surface area (TPSA) is 74.0 Å². The molecule has 2 heterocycles. The van der Waals surface area contributed by atoms with Gasteiger partial charge in [-0.25, -0.2) is 0 Å².